The molecule has 4 rings (SSSR count). The van der Waals surface area contributed by atoms with E-state index in [1.807, 2.05) is 24.3 Å². The topological polar surface area (TPSA) is 30.2 Å². The van der Waals surface area contributed by atoms with Gasteiger partial charge < -0.3 is 4.42 Å². The first-order valence-corrected chi connectivity index (χ1v) is 8.15. The van der Waals surface area contributed by atoms with Crippen molar-refractivity contribution in [3.63, 3.8) is 0 Å². The third-order valence-electron chi connectivity index (χ3n) is 4.45. The van der Waals surface area contributed by atoms with Crippen LogP contribution in [-0.2, 0) is 6.42 Å². The molecule has 0 spiro atoms. The Balaban J connectivity index is 1.81. The number of carbonyl (C=O) groups excluding carboxylic acids is 1. The minimum Gasteiger partial charge on any atom is -0.455 e. The van der Waals surface area contributed by atoms with Gasteiger partial charge >= 0.3 is 0 Å². The van der Waals surface area contributed by atoms with E-state index in [4.69, 9.17) is 4.42 Å². The normalized spacial score (nSPS) is 13.0. The van der Waals surface area contributed by atoms with E-state index in [-0.39, 0.29) is 5.78 Å². The van der Waals surface area contributed by atoms with Gasteiger partial charge in [0, 0.05) is 22.1 Å². The first-order valence-electron chi connectivity index (χ1n) is 8.15. The van der Waals surface area contributed by atoms with Crippen LogP contribution in [0, 0.1) is 0 Å². The zero-order valence-corrected chi connectivity index (χ0v) is 13.1. The number of unbranched alkanes of at least 4 members (excludes halogenated alkanes) is 1. The smallest absolute Gasteiger partial charge is 0.186 e. The SMILES string of the molecule is CCCCc1ccc(-c2oc3cccc4c3c2C=CC4=O)cc1. The summed E-state index contributed by atoms with van der Waals surface area (Å²) >= 11 is 0. The van der Waals surface area contributed by atoms with Crippen LogP contribution in [0.2, 0.25) is 0 Å². The summed E-state index contributed by atoms with van der Waals surface area (Å²) < 4.78 is 6.06. The van der Waals surface area contributed by atoms with Gasteiger partial charge in [-0.2, -0.15) is 0 Å². The van der Waals surface area contributed by atoms with Gasteiger partial charge in [-0.3, -0.25) is 4.79 Å². The fourth-order valence-corrected chi connectivity index (χ4v) is 3.20. The fraction of sp³-hybridized carbons (Fsp3) is 0.190. The monoisotopic (exact) mass is 302 g/mol. The number of benzene rings is 2. The molecule has 1 aliphatic rings. The van der Waals surface area contributed by atoms with Crippen LogP contribution >= 0.6 is 0 Å². The molecule has 0 fully saturated rings. The third-order valence-corrected chi connectivity index (χ3v) is 4.45. The van der Waals surface area contributed by atoms with Gasteiger partial charge in [-0.15, -0.1) is 0 Å². The highest BCUT2D eigenvalue weighted by molar-refractivity contribution is 6.20. The highest BCUT2D eigenvalue weighted by atomic mass is 16.3. The average molecular weight is 302 g/mol. The summed E-state index contributed by atoms with van der Waals surface area (Å²) in [5, 5.41) is 0.935. The Labute approximate surface area is 135 Å². The second-order valence-corrected chi connectivity index (χ2v) is 6.02. The molecule has 0 saturated carbocycles. The lowest BCUT2D eigenvalue weighted by molar-refractivity contribution is 0.104. The summed E-state index contributed by atoms with van der Waals surface area (Å²) in [6, 6.07) is 14.2. The van der Waals surface area contributed by atoms with Crippen molar-refractivity contribution >= 4 is 22.8 Å². The van der Waals surface area contributed by atoms with E-state index in [9.17, 15) is 4.79 Å². The molecule has 0 amide bonds. The van der Waals surface area contributed by atoms with Crippen molar-refractivity contribution in [2.24, 2.45) is 0 Å². The minimum absolute atomic E-state index is 0.0466. The second kappa shape index (κ2) is 5.54. The fourth-order valence-electron chi connectivity index (χ4n) is 3.20. The molecule has 3 aromatic rings. The quantitative estimate of drug-likeness (QED) is 0.623. The van der Waals surface area contributed by atoms with Gasteiger partial charge in [0.1, 0.15) is 11.3 Å². The van der Waals surface area contributed by atoms with Crippen molar-refractivity contribution in [3.05, 3.63) is 65.2 Å². The summed E-state index contributed by atoms with van der Waals surface area (Å²) in [4.78, 5) is 12.0. The molecular weight excluding hydrogens is 284 g/mol. The Hall–Kier alpha value is -2.61. The number of hydrogen-bond donors (Lipinski definition) is 0. The number of allylic oxidation sites excluding steroid dienone is 1. The van der Waals surface area contributed by atoms with E-state index in [2.05, 4.69) is 31.2 Å². The van der Waals surface area contributed by atoms with Crippen molar-refractivity contribution in [1.82, 2.24) is 0 Å². The Morgan fingerprint density at radius 3 is 2.61 bits per heavy atom. The number of furan rings is 1. The molecule has 0 N–H and O–H groups in total. The molecule has 23 heavy (non-hydrogen) atoms. The van der Waals surface area contributed by atoms with Crippen LogP contribution in [0.4, 0.5) is 0 Å². The Bertz CT molecular complexity index is 911. The van der Waals surface area contributed by atoms with Crippen LogP contribution in [0.1, 0.15) is 41.3 Å². The molecule has 1 aromatic heterocycles. The first-order chi connectivity index (χ1) is 11.3. The second-order valence-electron chi connectivity index (χ2n) is 6.02. The first kappa shape index (κ1) is 14.0. The summed E-state index contributed by atoms with van der Waals surface area (Å²) in [6.45, 7) is 2.21. The average Bonchev–Trinajstić information content (AvgIpc) is 2.97. The molecule has 114 valence electrons. The summed E-state index contributed by atoms with van der Waals surface area (Å²) in [5.41, 5.74) is 4.93. The van der Waals surface area contributed by atoms with Crippen molar-refractivity contribution in [1.29, 1.82) is 0 Å². The van der Waals surface area contributed by atoms with Gasteiger partial charge in [-0.1, -0.05) is 49.7 Å². The Kier molecular flexibility index (Phi) is 3.38. The van der Waals surface area contributed by atoms with Crippen LogP contribution < -0.4 is 0 Å². The zero-order chi connectivity index (χ0) is 15.8. The molecule has 2 heteroatoms. The lowest BCUT2D eigenvalue weighted by Gasteiger charge is -2.06. The van der Waals surface area contributed by atoms with Crippen molar-refractivity contribution < 1.29 is 9.21 Å². The van der Waals surface area contributed by atoms with Crippen LogP contribution in [0.3, 0.4) is 0 Å². The number of carbonyl (C=O) groups is 1. The van der Waals surface area contributed by atoms with Crippen molar-refractivity contribution in [2.45, 2.75) is 26.2 Å². The molecule has 0 saturated heterocycles. The van der Waals surface area contributed by atoms with E-state index in [0.29, 0.717) is 0 Å². The van der Waals surface area contributed by atoms with E-state index in [1.165, 1.54) is 18.4 Å². The standard InChI is InChI=1S/C21H18O2/c1-2-3-5-14-8-10-15(11-9-14)21-17-12-13-18(22)16-6-4-7-19(23-21)20(16)17/h4,6-13H,2-3,5H2,1H3. The van der Waals surface area contributed by atoms with Crippen molar-refractivity contribution in [2.75, 3.05) is 0 Å². The number of aryl methyl sites for hydroxylation is 1. The molecule has 0 atom stereocenters. The van der Waals surface area contributed by atoms with E-state index < -0.39 is 0 Å². The van der Waals surface area contributed by atoms with Gasteiger partial charge in [0.2, 0.25) is 0 Å². The summed E-state index contributed by atoms with van der Waals surface area (Å²) in [7, 11) is 0. The van der Waals surface area contributed by atoms with Crippen LogP contribution in [0.5, 0.6) is 0 Å². The van der Waals surface area contributed by atoms with Crippen LogP contribution in [0.15, 0.2) is 53.0 Å². The van der Waals surface area contributed by atoms with Gasteiger partial charge in [-0.25, -0.2) is 0 Å². The third kappa shape index (κ3) is 2.31. The molecule has 1 heterocycles. The Morgan fingerprint density at radius 1 is 1.00 bits per heavy atom. The van der Waals surface area contributed by atoms with E-state index in [0.717, 1.165) is 39.8 Å². The maximum absolute atomic E-state index is 12.0. The maximum Gasteiger partial charge on any atom is 0.186 e. The van der Waals surface area contributed by atoms with Gasteiger partial charge in [-0.05, 0) is 36.6 Å². The van der Waals surface area contributed by atoms with Crippen LogP contribution in [-0.4, -0.2) is 5.78 Å². The number of ketones is 1. The Morgan fingerprint density at radius 2 is 1.83 bits per heavy atom. The molecule has 0 aliphatic heterocycles. The molecular formula is C21H18O2. The number of hydrogen-bond acceptors (Lipinski definition) is 2. The maximum atomic E-state index is 12.0. The molecule has 2 nitrogen and oxygen atoms in total. The lowest BCUT2D eigenvalue weighted by Crippen LogP contribution is -1.99. The van der Waals surface area contributed by atoms with Crippen LogP contribution in [0.25, 0.3) is 28.4 Å². The predicted octanol–water partition coefficient (Wildman–Crippen LogP) is 5.65. The van der Waals surface area contributed by atoms with E-state index >= 15 is 0 Å². The van der Waals surface area contributed by atoms with Gasteiger partial charge in [0.25, 0.3) is 0 Å². The molecule has 0 radical (unpaired) electrons. The highest BCUT2D eigenvalue weighted by Gasteiger charge is 2.22. The largest absolute Gasteiger partial charge is 0.455 e. The summed E-state index contributed by atoms with van der Waals surface area (Å²) in [6.07, 6.45) is 7.04. The molecule has 0 bridgehead atoms. The highest BCUT2D eigenvalue weighted by Crippen LogP contribution is 2.38. The predicted molar refractivity (Wildman–Crippen MR) is 93.6 cm³/mol. The number of rotatable bonds is 4. The van der Waals surface area contributed by atoms with Gasteiger partial charge in [0.05, 0.1) is 0 Å². The molecule has 2 aromatic carbocycles. The van der Waals surface area contributed by atoms with Crippen molar-refractivity contribution in [3.8, 4) is 11.3 Å². The van der Waals surface area contributed by atoms with Gasteiger partial charge in [0.15, 0.2) is 5.78 Å². The zero-order valence-electron chi connectivity index (χ0n) is 13.1. The lowest BCUT2D eigenvalue weighted by atomic mass is 9.94. The molecule has 1 aliphatic carbocycles. The minimum atomic E-state index is 0.0466. The summed E-state index contributed by atoms with van der Waals surface area (Å²) in [5.74, 6) is 0.892. The molecule has 0 unspecified atom stereocenters. The van der Waals surface area contributed by atoms with E-state index in [1.54, 1.807) is 6.08 Å².